The fraction of sp³-hybridized carbons (Fsp3) is 0.400. The van der Waals surface area contributed by atoms with Gasteiger partial charge in [0.05, 0.1) is 28.7 Å². The third kappa shape index (κ3) is 6.38. The van der Waals surface area contributed by atoms with E-state index in [1.54, 1.807) is 18.2 Å². The van der Waals surface area contributed by atoms with Gasteiger partial charge in [-0.1, -0.05) is 32.9 Å². The first-order valence-electron chi connectivity index (χ1n) is 11.1. The number of rotatable bonds is 9. The van der Waals surface area contributed by atoms with Crippen molar-refractivity contribution in [3.8, 4) is 0 Å². The average Bonchev–Trinajstić information content (AvgIpc) is 3.26. The number of aromatic nitrogens is 2. The number of fused-ring (bicyclic) bond motifs is 1. The summed E-state index contributed by atoms with van der Waals surface area (Å²) in [4.78, 5) is 54.6. The van der Waals surface area contributed by atoms with Gasteiger partial charge in [-0.25, -0.2) is 4.98 Å². The maximum atomic E-state index is 12.6. The van der Waals surface area contributed by atoms with Crippen molar-refractivity contribution in [3.05, 3.63) is 62.3 Å². The zero-order valence-corrected chi connectivity index (χ0v) is 20.7. The van der Waals surface area contributed by atoms with Gasteiger partial charge in [0.15, 0.2) is 6.61 Å². The van der Waals surface area contributed by atoms with Crippen LogP contribution in [0.5, 0.6) is 0 Å². The minimum Gasteiger partial charge on any atom is -0.457 e. The number of ether oxygens (including phenoxy) is 1. The van der Waals surface area contributed by atoms with E-state index in [1.165, 1.54) is 22.2 Å². The molecular weight excluding hydrogens is 454 g/mol. The smallest absolute Gasteiger partial charge is 0.306 e. The summed E-state index contributed by atoms with van der Waals surface area (Å²) in [6, 6.07) is 8.90. The van der Waals surface area contributed by atoms with E-state index in [0.717, 1.165) is 10.4 Å². The Bertz CT molecular complexity index is 1270. The van der Waals surface area contributed by atoms with Crippen LogP contribution in [-0.4, -0.2) is 33.8 Å². The third-order valence-electron chi connectivity index (χ3n) is 5.24. The molecule has 0 atom stereocenters. The standard InChI is InChI=1S/C25H29N3O5S/c1-16-7-5-8-18-22(16)27-15-28(23(18)31)12-6-9-21(30)33-14-19(29)20-11-10-17(34-20)13-26-24(32)25(2,3)4/h5,7-8,10-11,15H,6,9,12-14H2,1-4H3,(H,26,32). The average molecular weight is 484 g/mol. The summed E-state index contributed by atoms with van der Waals surface area (Å²) in [5.41, 5.74) is 0.976. The molecule has 0 saturated carbocycles. The first-order chi connectivity index (χ1) is 16.1. The lowest BCUT2D eigenvalue weighted by atomic mass is 9.96. The van der Waals surface area contributed by atoms with E-state index >= 15 is 0 Å². The van der Waals surface area contributed by atoms with Crippen molar-refractivity contribution in [2.75, 3.05) is 6.61 Å². The zero-order chi connectivity index (χ0) is 24.9. The summed E-state index contributed by atoms with van der Waals surface area (Å²) in [5, 5.41) is 3.39. The van der Waals surface area contributed by atoms with Crippen molar-refractivity contribution >= 4 is 39.9 Å². The highest BCUT2D eigenvalue weighted by Crippen LogP contribution is 2.19. The highest BCUT2D eigenvalue weighted by molar-refractivity contribution is 7.14. The first-order valence-corrected chi connectivity index (χ1v) is 11.9. The number of aryl methyl sites for hydroxylation is 2. The molecule has 2 aromatic heterocycles. The van der Waals surface area contributed by atoms with E-state index in [1.807, 2.05) is 39.8 Å². The molecule has 3 rings (SSSR count). The molecule has 0 bridgehead atoms. The monoisotopic (exact) mass is 483 g/mol. The van der Waals surface area contributed by atoms with Gasteiger partial charge in [-0.05, 0) is 37.1 Å². The Morgan fingerprint density at radius 3 is 2.65 bits per heavy atom. The number of esters is 1. The molecule has 0 radical (unpaired) electrons. The Kier molecular flexibility index (Phi) is 7.98. The summed E-state index contributed by atoms with van der Waals surface area (Å²) in [6.07, 6.45) is 1.97. The van der Waals surface area contributed by atoms with Gasteiger partial charge in [0, 0.05) is 23.3 Å². The number of thiophene rings is 1. The van der Waals surface area contributed by atoms with Gasteiger partial charge in [-0.15, -0.1) is 11.3 Å². The van der Waals surface area contributed by atoms with Crippen LogP contribution in [0, 0.1) is 12.3 Å². The molecule has 1 aromatic carbocycles. The minimum atomic E-state index is -0.500. The summed E-state index contributed by atoms with van der Waals surface area (Å²) in [5.74, 6) is -0.864. The quantitative estimate of drug-likeness (QED) is 0.368. The van der Waals surface area contributed by atoms with E-state index in [9.17, 15) is 19.2 Å². The summed E-state index contributed by atoms with van der Waals surface area (Å²) in [6.45, 7) is 7.72. The second-order valence-electron chi connectivity index (χ2n) is 9.10. The fourth-order valence-corrected chi connectivity index (χ4v) is 4.11. The van der Waals surface area contributed by atoms with Crippen LogP contribution in [0.25, 0.3) is 10.9 Å². The number of hydrogen-bond acceptors (Lipinski definition) is 7. The van der Waals surface area contributed by atoms with Gasteiger partial charge < -0.3 is 10.1 Å². The number of nitrogens with zero attached hydrogens (tertiary/aromatic N) is 2. The van der Waals surface area contributed by atoms with Crippen LogP contribution < -0.4 is 10.9 Å². The predicted octanol–water partition coefficient (Wildman–Crippen LogP) is 3.64. The highest BCUT2D eigenvalue weighted by Gasteiger charge is 2.21. The van der Waals surface area contributed by atoms with E-state index in [4.69, 9.17) is 4.74 Å². The Labute approximate surface area is 202 Å². The Hall–Kier alpha value is -3.33. The number of hydrogen-bond donors (Lipinski definition) is 1. The normalized spacial score (nSPS) is 11.4. The molecular formula is C25H29N3O5S. The molecule has 0 saturated heterocycles. The number of carbonyl (C=O) groups excluding carboxylic acids is 3. The number of ketones is 1. The molecule has 1 amide bonds. The molecule has 3 aromatic rings. The molecule has 0 aliphatic rings. The summed E-state index contributed by atoms with van der Waals surface area (Å²) >= 11 is 1.26. The summed E-state index contributed by atoms with van der Waals surface area (Å²) < 4.78 is 6.59. The predicted molar refractivity (Wildman–Crippen MR) is 131 cm³/mol. The van der Waals surface area contributed by atoms with Gasteiger partial charge in [0.1, 0.15) is 0 Å². The van der Waals surface area contributed by atoms with Gasteiger partial charge in [-0.2, -0.15) is 0 Å². The van der Waals surface area contributed by atoms with Crippen molar-refractivity contribution in [1.82, 2.24) is 14.9 Å². The number of benzene rings is 1. The van der Waals surface area contributed by atoms with Gasteiger partial charge >= 0.3 is 5.97 Å². The second-order valence-corrected chi connectivity index (χ2v) is 10.3. The number of amides is 1. The first kappa shape index (κ1) is 25.3. The van der Waals surface area contributed by atoms with Crippen molar-refractivity contribution < 1.29 is 19.1 Å². The van der Waals surface area contributed by atoms with Gasteiger partial charge in [-0.3, -0.25) is 23.7 Å². The molecule has 180 valence electrons. The molecule has 0 aliphatic heterocycles. The van der Waals surface area contributed by atoms with Crippen LogP contribution in [0.2, 0.25) is 0 Å². The number of Topliss-reactive ketones (excluding diaryl/α,β-unsaturated/α-hetero) is 1. The van der Waals surface area contributed by atoms with Crippen LogP contribution in [0.3, 0.4) is 0 Å². The van der Waals surface area contributed by atoms with Crippen LogP contribution in [0.15, 0.2) is 41.5 Å². The largest absolute Gasteiger partial charge is 0.457 e. The van der Waals surface area contributed by atoms with E-state index < -0.39 is 11.4 Å². The molecule has 8 nitrogen and oxygen atoms in total. The van der Waals surface area contributed by atoms with Gasteiger partial charge in [0.25, 0.3) is 5.56 Å². The van der Waals surface area contributed by atoms with Gasteiger partial charge in [0.2, 0.25) is 11.7 Å². The molecule has 0 unspecified atom stereocenters. The molecule has 0 fully saturated rings. The van der Waals surface area contributed by atoms with Crippen molar-refractivity contribution in [2.45, 2.75) is 53.6 Å². The molecule has 0 spiro atoms. The lowest BCUT2D eigenvalue weighted by molar-refractivity contribution is -0.142. The lowest BCUT2D eigenvalue weighted by Gasteiger charge is -2.17. The van der Waals surface area contributed by atoms with Crippen molar-refractivity contribution in [3.63, 3.8) is 0 Å². The number of carbonyl (C=O) groups is 3. The Balaban J connectivity index is 1.44. The molecule has 9 heteroatoms. The highest BCUT2D eigenvalue weighted by atomic mass is 32.1. The van der Waals surface area contributed by atoms with E-state index in [2.05, 4.69) is 10.3 Å². The SMILES string of the molecule is Cc1cccc2c(=O)n(CCCC(=O)OCC(=O)c3ccc(CNC(=O)C(C)(C)C)s3)cnc12. The molecule has 34 heavy (non-hydrogen) atoms. The molecule has 1 N–H and O–H groups in total. The van der Waals surface area contributed by atoms with E-state index in [-0.39, 0.29) is 30.3 Å². The van der Waals surface area contributed by atoms with Crippen LogP contribution in [0.4, 0.5) is 0 Å². The van der Waals surface area contributed by atoms with Crippen LogP contribution in [0.1, 0.15) is 53.7 Å². The maximum Gasteiger partial charge on any atom is 0.306 e. The zero-order valence-electron chi connectivity index (χ0n) is 19.8. The van der Waals surface area contributed by atoms with Crippen LogP contribution in [-0.2, 0) is 27.4 Å². The third-order valence-corrected chi connectivity index (χ3v) is 6.37. The minimum absolute atomic E-state index is 0.0699. The van der Waals surface area contributed by atoms with E-state index in [0.29, 0.717) is 35.3 Å². The molecule has 0 aliphatic carbocycles. The molecule has 2 heterocycles. The number of para-hydroxylation sites is 1. The van der Waals surface area contributed by atoms with Crippen molar-refractivity contribution in [1.29, 1.82) is 0 Å². The fourth-order valence-electron chi connectivity index (χ4n) is 3.24. The van der Waals surface area contributed by atoms with Crippen molar-refractivity contribution in [2.24, 2.45) is 5.41 Å². The Morgan fingerprint density at radius 1 is 1.15 bits per heavy atom. The second kappa shape index (κ2) is 10.7. The summed E-state index contributed by atoms with van der Waals surface area (Å²) in [7, 11) is 0. The Morgan fingerprint density at radius 2 is 1.91 bits per heavy atom. The number of nitrogens with one attached hydrogen (secondary N) is 1. The van der Waals surface area contributed by atoms with Crippen LogP contribution >= 0.6 is 11.3 Å². The lowest BCUT2D eigenvalue weighted by Crippen LogP contribution is -2.34. The maximum absolute atomic E-state index is 12.6. The topological polar surface area (TPSA) is 107 Å².